The van der Waals surface area contributed by atoms with Gasteiger partial charge in [-0.1, -0.05) is 19.8 Å². The van der Waals surface area contributed by atoms with Gasteiger partial charge >= 0.3 is 0 Å². The first kappa shape index (κ1) is 32.4. The van der Waals surface area contributed by atoms with Crippen LogP contribution in [-0.2, 0) is 24.3 Å². The highest BCUT2D eigenvalue weighted by Gasteiger charge is 2.31. The second-order valence-corrected chi connectivity index (χ2v) is 13.3. The lowest BCUT2D eigenvalue weighted by Crippen LogP contribution is -2.56. The summed E-state index contributed by atoms with van der Waals surface area (Å²) in [5.74, 6) is -0.115. The van der Waals surface area contributed by atoms with Crippen molar-refractivity contribution in [2.45, 2.75) is 51.8 Å². The number of nitrogens with zero attached hydrogens (tertiary/aromatic N) is 8. The summed E-state index contributed by atoms with van der Waals surface area (Å²) >= 11 is 0. The number of hydrogen-bond acceptors (Lipinski definition) is 9. The summed E-state index contributed by atoms with van der Waals surface area (Å²) in [6.45, 7) is 8.24. The Labute approximate surface area is 290 Å². The molecule has 0 bridgehead atoms. The summed E-state index contributed by atoms with van der Waals surface area (Å²) in [6, 6.07) is 11.0. The molecule has 0 unspecified atom stereocenters. The molecule has 0 saturated carbocycles. The number of nitrogens with one attached hydrogen (secondary N) is 1. The second kappa shape index (κ2) is 13.8. The number of pyridine rings is 1. The third kappa shape index (κ3) is 6.21. The van der Waals surface area contributed by atoms with Gasteiger partial charge in [0.2, 0.25) is 0 Å². The van der Waals surface area contributed by atoms with Crippen LogP contribution in [0.5, 0.6) is 0 Å². The third-order valence-corrected chi connectivity index (χ3v) is 10.2. The number of aliphatic hydroxyl groups excluding tert-OH is 1. The first-order chi connectivity index (χ1) is 24.5. The highest BCUT2D eigenvalue weighted by molar-refractivity contribution is 6.07. The number of carbonyl (C=O) groups is 1. The number of unbranched alkanes of at least 4 members (excludes halogenated alkanes) is 2. The highest BCUT2D eigenvalue weighted by atomic mass is 19.1. The molecule has 50 heavy (non-hydrogen) atoms. The number of halogens is 1. The van der Waals surface area contributed by atoms with Crippen LogP contribution in [-0.4, -0.2) is 92.0 Å². The minimum Gasteiger partial charge on any atom is -0.392 e. The number of ether oxygens (including phenoxy) is 1. The van der Waals surface area contributed by atoms with Crippen LogP contribution in [0.4, 0.5) is 27.3 Å². The fourth-order valence-electron chi connectivity index (χ4n) is 7.29. The summed E-state index contributed by atoms with van der Waals surface area (Å²) in [5.41, 5.74) is 5.53. The molecule has 260 valence electrons. The summed E-state index contributed by atoms with van der Waals surface area (Å²) in [4.78, 5) is 29.4. The van der Waals surface area contributed by atoms with E-state index in [1.807, 2.05) is 22.9 Å². The summed E-state index contributed by atoms with van der Waals surface area (Å²) < 4.78 is 24.4. The SMILES string of the molecule is CCCCCc1cc2n(c1)CCN(c1cc(F)cc(-c3cc(Nc4ccc(N5CCN(C6COC6)CC5)cn4)c4nccn4n3)c1CO)C2=O. The molecule has 1 aromatic carbocycles. The zero-order valence-electron chi connectivity index (χ0n) is 28.3. The van der Waals surface area contributed by atoms with E-state index < -0.39 is 12.4 Å². The maximum absolute atomic E-state index is 15.4. The van der Waals surface area contributed by atoms with Crippen molar-refractivity contribution in [3.63, 3.8) is 0 Å². The van der Waals surface area contributed by atoms with Crippen LogP contribution < -0.4 is 15.1 Å². The number of hydrogen-bond donors (Lipinski definition) is 2. The predicted octanol–water partition coefficient (Wildman–Crippen LogP) is 4.88. The van der Waals surface area contributed by atoms with E-state index in [9.17, 15) is 9.90 Å². The van der Waals surface area contributed by atoms with Crippen molar-refractivity contribution in [3.05, 3.63) is 83.8 Å². The van der Waals surface area contributed by atoms with Gasteiger partial charge in [0.05, 0.1) is 54.8 Å². The van der Waals surface area contributed by atoms with E-state index in [1.165, 1.54) is 12.1 Å². The topological polar surface area (TPSA) is 116 Å². The molecule has 3 aliphatic rings. The largest absolute Gasteiger partial charge is 0.392 e. The normalized spacial score (nSPS) is 17.0. The number of amides is 1. The average Bonchev–Trinajstić information content (AvgIpc) is 3.76. The molecular formula is C37H42FN9O3. The molecule has 2 fully saturated rings. The number of rotatable bonds is 11. The van der Waals surface area contributed by atoms with Crippen LogP contribution >= 0.6 is 0 Å². The van der Waals surface area contributed by atoms with E-state index >= 15 is 4.39 Å². The monoisotopic (exact) mass is 679 g/mol. The van der Waals surface area contributed by atoms with Crippen molar-refractivity contribution < 1.29 is 19.0 Å². The zero-order valence-corrected chi connectivity index (χ0v) is 28.3. The van der Waals surface area contributed by atoms with Crippen molar-refractivity contribution in [2.75, 3.05) is 61.1 Å². The van der Waals surface area contributed by atoms with E-state index in [1.54, 1.807) is 27.9 Å². The van der Waals surface area contributed by atoms with Gasteiger partial charge in [-0.3, -0.25) is 9.69 Å². The number of anilines is 4. The lowest BCUT2D eigenvalue weighted by molar-refractivity contribution is -0.0660. The number of piperazine rings is 1. The van der Waals surface area contributed by atoms with Gasteiger partial charge in [0.15, 0.2) is 5.65 Å². The van der Waals surface area contributed by atoms with Crippen LogP contribution in [0.1, 0.15) is 47.8 Å². The molecule has 3 aliphatic heterocycles. The van der Waals surface area contributed by atoms with Gasteiger partial charge in [0, 0.05) is 69.0 Å². The van der Waals surface area contributed by atoms with Gasteiger partial charge in [-0.05, 0) is 54.8 Å². The average molecular weight is 680 g/mol. The van der Waals surface area contributed by atoms with Crippen molar-refractivity contribution in [1.29, 1.82) is 0 Å². The van der Waals surface area contributed by atoms with Gasteiger partial charge in [0.1, 0.15) is 17.3 Å². The van der Waals surface area contributed by atoms with Crippen LogP contribution in [0.25, 0.3) is 16.9 Å². The standard InChI is InChI=1S/C37H42FN9O3/c1-2-3-4-5-25-16-34-37(49)46(15-14-45(34)21-25)33-18-26(38)17-29(30(33)22-48)31-19-32(36-39-8-9-47(36)42-31)41-35-7-6-27(20-40-35)43-10-12-44(13-11-43)28-23-50-24-28/h6-9,16-21,28,48H,2-5,10-15,22-24H2,1H3,(H,40,41). The van der Waals surface area contributed by atoms with Crippen LogP contribution in [0, 0.1) is 5.82 Å². The maximum Gasteiger partial charge on any atom is 0.274 e. The van der Waals surface area contributed by atoms with Gasteiger partial charge < -0.3 is 29.5 Å². The van der Waals surface area contributed by atoms with Crippen molar-refractivity contribution in [1.82, 2.24) is 29.0 Å². The quantitative estimate of drug-likeness (QED) is 0.189. The molecular weight excluding hydrogens is 637 g/mol. The van der Waals surface area contributed by atoms with Gasteiger partial charge in [-0.25, -0.2) is 18.9 Å². The van der Waals surface area contributed by atoms with E-state index in [0.29, 0.717) is 64.5 Å². The number of fused-ring (bicyclic) bond motifs is 2. The van der Waals surface area contributed by atoms with E-state index in [4.69, 9.17) is 14.8 Å². The number of aliphatic hydroxyl groups is 1. The fraction of sp³-hybridized carbons (Fsp3) is 0.405. The lowest BCUT2D eigenvalue weighted by atomic mass is 10.0. The predicted molar refractivity (Wildman–Crippen MR) is 190 cm³/mol. The second-order valence-electron chi connectivity index (χ2n) is 13.3. The highest BCUT2D eigenvalue weighted by Crippen LogP contribution is 2.36. The van der Waals surface area contributed by atoms with Gasteiger partial charge in [-0.2, -0.15) is 5.10 Å². The molecule has 1 amide bonds. The Morgan fingerprint density at radius 1 is 1.02 bits per heavy atom. The number of aromatic nitrogens is 5. The molecule has 13 heteroatoms. The third-order valence-electron chi connectivity index (χ3n) is 10.2. The summed E-state index contributed by atoms with van der Waals surface area (Å²) in [7, 11) is 0. The minimum absolute atomic E-state index is 0.214. The minimum atomic E-state index is -0.526. The van der Waals surface area contributed by atoms with E-state index in [-0.39, 0.29) is 5.91 Å². The van der Waals surface area contributed by atoms with Crippen LogP contribution in [0.15, 0.2) is 61.2 Å². The summed E-state index contributed by atoms with van der Waals surface area (Å²) in [5, 5.41) is 18.8. The van der Waals surface area contributed by atoms with Gasteiger partial charge in [-0.15, -0.1) is 0 Å². The molecule has 2 saturated heterocycles. The van der Waals surface area contributed by atoms with Crippen molar-refractivity contribution in [3.8, 4) is 11.3 Å². The number of aryl methyl sites for hydroxylation is 1. The molecule has 0 spiro atoms. The molecule has 2 N–H and O–H groups in total. The Bertz CT molecular complexity index is 2000. The first-order valence-corrected chi connectivity index (χ1v) is 17.6. The Morgan fingerprint density at radius 2 is 1.88 bits per heavy atom. The molecule has 0 aliphatic carbocycles. The Hall–Kier alpha value is -4.85. The molecule has 0 atom stereocenters. The van der Waals surface area contributed by atoms with E-state index in [0.717, 1.165) is 76.3 Å². The molecule has 4 aromatic heterocycles. The molecule has 7 heterocycles. The molecule has 8 rings (SSSR count). The van der Waals surface area contributed by atoms with Crippen molar-refractivity contribution >= 4 is 34.4 Å². The maximum atomic E-state index is 15.4. The molecule has 0 radical (unpaired) electrons. The Kier molecular flexibility index (Phi) is 8.94. The van der Waals surface area contributed by atoms with Crippen LogP contribution in [0.2, 0.25) is 0 Å². The molecule has 5 aromatic rings. The van der Waals surface area contributed by atoms with Gasteiger partial charge in [0.25, 0.3) is 5.91 Å². The first-order valence-electron chi connectivity index (χ1n) is 17.6. The molecule has 12 nitrogen and oxygen atoms in total. The summed E-state index contributed by atoms with van der Waals surface area (Å²) in [6.07, 6.45) is 11.5. The number of carbonyl (C=O) groups excluding carboxylic acids is 1. The van der Waals surface area contributed by atoms with Crippen LogP contribution in [0.3, 0.4) is 0 Å². The van der Waals surface area contributed by atoms with Crippen molar-refractivity contribution in [2.24, 2.45) is 0 Å². The zero-order chi connectivity index (χ0) is 34.2. The Morgan fingerprint density at radius 3 is 2.62 bits per heavy atom. The van der Waals surface area contributed by atoms with E-state index in [2.05, 4.69) is 39.3 Å². The lowest BCUT2D eigenvalue weighted by Gasteiger charge is -2.43. The number of benzene rings is 1. The smallest absolute Gasteiger partial charge is 0.274 e. The number of imidazole rings is 1. The Balaban J connectivity index is 1.06. The fourth-order valence-corrected chi connectivity index (χ4v) is 7.29.